The highest BCUT2D eigenvalue weighted by Crippen LogP contribution is 2.83. The van der Waals surface area contributed by atoms with E-state index >= 15 is 0 Å². The first kappa shape index (κ1) is 19.2. The van der Waals surface area contributed by atoms with Gasteiger partial charge in [0.15, 0.2) is 0 Å². The van der Waals surface area contributed by atoms with Crippen molar-refractivity contribution in [3.63, 3.8) is 0 Å². The van der Waals surface area contributed by atoms with E-state index in [2.05, 4.69) is 0 Å². The predicted molar refractivity (Wildman–Crippen MR) is 93.2 cm³/mol. The molecule has 0 aromatic rings. The van der Waals surface area contributed by atoms with Crippen LogP contribution in [0.3, 0.4) is 0 Å². The van der Waals surface area contributed by atoms with Gasteiger partial charge in [-0.3, -0.25) is 0 Å². The van der Waals surface area contributed by atoms with Crippen molar-refractivity contribution in [3.05, 3.63) is 0 Å². The van der Waals surface area contributed by atoms with Crippen molar-refractivity contribution >= 4 is 116 Å². The molecule has 0 N–H and O–H groups in total. The molecular weight excluding hydrogens is 475 g/mol. The van der Waals surface area contributed by atoms with Crippen molar-refractivity contribution in [2.45, 2.75) is 30.1 Å². The van der Waals surface area contributed by atoms with E-state index < -0.39 is 40.5 Å². The van der Waals surface area contributed by atoms with Crippen LogP contribution >= 0.6 is 116 Å². The molecule has 0 aromatic carbocycles. The van der Waals surface area contributed by atoms with E-state index in [1.54, 1.807) is 0 Å². The molecule has 2 aliphatic rings. The van der Waals surface area contributed by atoms with E-state index in [1.165, 1.54) is 0 Å². The monoisotopic (exact) mass is 478 g/mol. The molecule has 20 heavy (non-hydrogen) atoms. The molecule has 2 saturated carbocycles. The third-order valence-electron chi connectivity index (χ3n) is 4.61. The molecule has 2 fully saturated rings. The van der Waals surface area contributed by atoms with E-state index in [4.69, 9.17) is 116 Å². The topological polar surface area (TPSA) is 0 Å². The summed E-state index contributed by atoms with van der Waals surface area (Å²) < 4.78 is -2.80. The number of rotatable bonds is 3. The lowest BCUT2D eigenvalue weighted by Crippen LogP contribution is -2.59. The molecule has 0 amide bonds. The first-order valence-electron chi connectivity index (χ1n) is 5.46. The van der Waals surface area contributed by atoms with Gasteiger partial charge in [0.25, 0.3) is 0 Å². The van der Waals surface area contributed by atoms with Crippen molar-refractivity contribution in [1.29, 1.82) is 0 Å². The predicted octanol–water partition coefficient (Wildman–Crippen LogP) is 6.79. The summed E-state index contributed by atoms with van der Waals surface area (Å²) in [6, 6.07) is 0. The Morgan fingerprint density at radius 2 is 1.45 bits per heavy atom. The lowest BCUT2D eigenvalue weighted by molar-refractivity contribution is 0.137. The van der Waals surface area contributed by atoms with E-state index in [9.17, 15) is 0 Å². The number of fused-ring (bicyclic) bond motifs is 2. The molecule has 2 bridgehead atoms. The second-order valence-electron chi connectivity index (χ2n) is 5.14. The van der Waals surface area contributed by atoms with Gasteiger partial charge in [-0.05, 0) is 6.42 Å². The maximum Gasteiger partial charge on any atom is 0.138 e. The standard InChI is InChI=1S/C10H8Cl10/c11-2-7(5(13)14)3-1-8(17,18)9(7,6(15)16)4(12)10(3,19)20/h3-6H,1-2H2. The van der Waals surface area contributed by atoms with Gasteiger partial charge in [0.2, 0.25) is 0 Å². The van der Waals surface area contributed by atoms with Gasteiger partial charge in [0.05, 0.1) is 10.8 Å². The number of halogens is 10. The molecular formula is C10H8Cl10. The molecule has 0 heterocycles. The summed E-state index contributed by atoms with van der Waals surface area (Å²) in [6.45, 7) is 0. The van der Waals surface area contributed by atoms with Gasteiger partial charge in [-0.2, -0.15) is 0 Å². The normalized spacial score (nSPS) is 45.6. The Morgan fingerprint density at radius 1 is 0.950 bits per heavy atom. The van der Waals surface area contributed by atoms with Crippen LogP contribution in [0.1, 0.15) is 6.42 Å². The highest BCUT2D eigenvalue weighted by molar-refractivity contribution is 6.58. The Labute approximate surface area is 167 Å². The molecule has 118 valence electrons. The third-order valence-corrected chi connectivity index (χ3v) is 9.33. The highest BCUT2D eigenvalue weighted by Gasteiger charge is 2.87. The van der Waals surface area contributed by atoms with Gasteiger partial charge >= 0.3 is 0 Å². The van der Waals surface area contributed by atoms with Gasteiger partial charge in [-0.25, -0.2) is 0 Å². The van der Waals surface area contributed by atoms with Crippen LogP contribution in [0.5, 0.6) is 0 Å². The smallest absolute Gasteiger partial charge is 0.126 e. The van der Waals surface area contributed by atoms with E-state index in [1.807, 2.05) is 0 Å². The fourth-order valence-corrected chi connectivity index (χ4v) is 9.37. The van der Waals surface area contributed by atoms with E-state index in [-0.39, 0.29) is 12.3 Å². The molecule has 2 rings (SSSR count). The molecule has 0 nitrogen and oxygen atoms in total. The van der Waals surface area contributed by atoms with Gasteiger partial charge in [0.1, 0.15) is 18.3 Å². The van der Waals surface area contributed by atoms with Gasteiger partial charge < -0.3 is 0 Å². The van der Waals surface area contributed by atoms with E-state index in [0.717, 1.165) is 0 Å². The first-order valence-corrected chi connectivity index (χ1v) is 9.69. The zero-order chi connectivity index (χ0) is 15.7. The Hall–Kier alpha value is 2.90. The summed E-state index contributed by atoms with van der Waals surface area (Å²) in [7, 11) is 0. The van der Waals surface area contributed by atoms with Crippen molar-refractivity contribution in [2.75, 3.05) is 5.88 Å². The maximum absolute atomic E-state index is 6.47. The minimum absolute atomic E-state index is 0.0309. The van der Waals surface area contributed by atoms with E-state index in [0.29, 0.717) is 0 Å². The zero-order valence-electron chi connectivity index (χ0n) is 9.50. The van der Waals surface area contributed by atoms with Crippen LogP contribution in [-0.4, -0.2) is 29.6 Å². The van der Waals surface area contributed by atoms with Crippen molar-refractivity contribution in [1.82, 2.24) is 0 Å². The molecule has 10 heteroatoms. The van der Waals surface area contributed by atoms with Crippen molar-refractivity contribution in [2.24, 2.45) is 16.7 Å². The van der Waals surface area contributed by atoms with Crippen LogP contribution in [-0.2, 0) is 0 Å². The minimum Gasteiger partial charge on any atom is -0.126 e. The van der Waals surface area contributed by atoms with Crippen molar-refractivity contribution < 1.29 is 0 Å². The van der Waals surface area contributed by atoms with Gasteiger partial charge in [0, 0.05) is 17.2 Å². The van der Waals surface area contributed by atoms with Crippen LogP contribution in [0.4, 0.5) is 0 Å². The maximum atomic E-state index is 6.47. The first-order chi connectivity index (χ1) is 8.94. The summed E-state index contributed by atoms with van der Waals surface area (Å²) in [6.07, 6.45) is 0.185. The summed E-state index contributed by atoms with van der Waals surface area (Å²) >= 11 is 63.2. The lowest BCUT2D eigenvalue weighted by Gasteiger charge is -2.50. The molecule has 4 unspecified atom stereocenters. The third kappa shape index (κ3) is 1.97. The highest BCUT2D eigenvalue weighted by atomic mass is 35.5. The molecule has 0 aliphatic heterocycles. The SMILES string of the molecule is ClCC1(C(Cl)Cl)C2CC(Cl)(Cl)C1(C(Cl)Cl)C(Cl)C2(Cl)Cl. The molecule has 0 spiro atoms. The zero-order valence-corrected chi connectivity index (χ0v) is 17.1. The van der Waals surface area contributed by atoms with Gasteiger partial charge in [-0.15, -0.1) is 92.8 Å². The molecule has 0 saturated heterocycles. The Kier molecular flexibility index (Phi) is 5.50. The lowest BCUT2D eigenvalue weighted by atomic mass is 9.69. The number of hydrogen-bond donors (Lipinski definition) is 0. The average molecular weight is 483 g/mol. The van der Waals surface area contributed by atoms with Crippen LogP contribution < -0.4 is 0 Å². The number of hydrogen-bond acceptors (Lipinski definition) is 0. The largest absolute Gasteiger partial charge is 0.138 e. The Bertz CT molecular complexity index is 407. The average Bonchev–Trinajstić information content (AvgIpc) is 2.61. The fraction of sp³-hybridized carbons (Fsp3) is 1.00. The van der Waals surface area contributed by atoms with Gasteiger partial charge in [-0.1, -0.05) is 23.2 Å². The van der Waals surface area contributed by atoms with Crippen molar-refractivity contribution in [3.8, 4) is 0 Å². The fourth-order valence-electron chi connectivity index (χ4n) is 3.69. The summed E-state index contributed by atoms with van der Waals surface area (Å²) in [5.74, 6) is -0.579. The molecule has 0 aromatic heterocycles. The number of alkyl halides is 10. The summed E-state index contributed by atoms with van der Waals surface area (Å²) in [4.78, 5) is -2.10. The second-order valence-corrected chi connectivity index (χ2v) is 11.0. The molecule has 2 aliphatic carbocycles. The van der Waals surface area contributed by atoms with Crippen LogP contribution in [0.15, 0.2) is 0 Å². The Balaban J connectivity index is 2.81. The summed E-state index contributed by atoms with van der Waals surface area (Å²) in [5.41, 5.74) is -2.46. The Morgan fingerprint density at radius 3 is 1.75 bits per heavy atom. The van der Waals surface area contributed by atoms with Crippen LogP contribution in [0, 0.1) is 16.7 Å². The quantitative estimate of drug-likeness (QED) is 0.388. The van der Waals surface area contributed by atoms with Crippen LogP contribution in [0.25, 0.3) is 0 Å². The molecule has 0 radical (unpaired) electrons. The summed E-state index contributed by atoms with van der Waals surface area (Å²) in [5, 5.41) is -0.967. The second kappa shape index (κ2) is 5.72. The minimum atomic E-state index is -1.40. The van der Waals surface area contributed by atoms with Crippen LogP contribution in [0.2, 0.25) is 0 Å². The molecule has 4 atom stereocenters.